The molecular weight excluding hydrogens is 256 g/mol. The molecule has 0 saturated carbocycles. The molecule has 0 heterocycles. The van der Waals surface area contributed by atoms with E-state index in [0.717, 1.165) is 0 Å². The molecule has 0 aliphatic heterocycles. The van der Waals surface area contributed by atoms with Crippen LogP contribution in [0, 0.1) is 0 Å². The van der Waals surface area contributed by atoms with Gasteiger partial charge in [-0.05, 0) is 13.8 Å². The van der Waals surface area contributed by atoms with Crippen LogP contribution in [0.25, 0.3) is 0 Å². The van der Waals surface area contributed by atoms with Crippen LogP contribution in [-0.2, 0) is 28.7 Å². The fourth-order valence-electron chi connectivity index (χ4n) is 1.08. The second kappa shape index (κ2) is 8.90. The van der Waals surface area contributed by atoms with E-state index in [2.05, 4.69) is 20.1 Å². The molecule has 0 aliphatic carbocycles. The van der Waals surface area contributed by atoms with Gasteiger partial charge in [0, 0.05) is 6.92 Å². The summed E-state index contributed by atoms with van der Waals surface area (Å²) in [4.78, 5) is 45.1. The van der Waals surface area contributed by atoms with Crippen molar-refractivity contribution in [3.63, 3.8) is 0 Å². The lowest BCUT2D eigenvalue weighted by molar-refractivity contribution is -0.159. The van der Waals surface area contributed by atoms with E-state index < -0.39 is 29.8 Å². The maximum absolute atomic E-state index is 11.5. The lowest BCUT2D eigenvalue weighted by Gasteiger charge is -2.15. The third kappa shape index (κ3) is 7.02. The van der Waals surface area contributed by atoms with Gasteiger partial charge in [-0.25, -0.2) is 9.59 Å². The lowest BCUT2D eigenvalue weighted by Crippen LogP contribution is -2.50. The van der Waals surface area contributed by atoms with Gasteiger partial charge >= 0.3 is 11.9 Å². The van der Waals surface area contributed by atoms with Crippen molar-refractivity contribution < 1.29 is 28.7 Å². The van der Waals surface area contributed by atoms with Gasteiger partial charge in [0.2, 0.25) is 17.9 Å². The Balaban J connectivity index is 4.57. The Morgan fingerprint density at radius 2 is 1.47 bits per heavy atom. The summed E-state index contributed by atoms with van der Waals surface area (Å²) in [5.41, 5.74) is 0. The van der Waals surface area contributed by atoms with E-state index in [-0.39, 0.29) is 19.8 Å². The second-order valence-electron chi connectivity index (χ2n) is 3.41. The van der Waals surface area contributed by atoms with E-state index in [0.29, 0.717) is 0 Å². The minimum absolute atomic E-state index is 0.0658. The number of carbonyl (C=O) groups is 4. The molecule has 0 aliphatic rings. The summed E-state index contributed by atoms with van der Waals surface area (Å²) >= 11 is 0. The van der Waals surface area contributed by atoms with Gasteiger partial charge in [0.25, 0.3) is 0 Å². The maximum Gasteiger partial charge on any atom is 0.340 e. The second-order valence-corrected chi connectivity index (χ2v) is 3.41. The topological polar surface area (TPSA) is 111 Å². The smallest absolute Gasteiger partial charge is 0.340 e. The molecule has 0 radical (unpaired) electrons. The lowest BCUT2D eigenvalue weighted by atomic mass is 10.3. The molecule has 19 heavy (non-hydrogen) atoms. The Hall–Kier alpha value is -2.12. The number of rotatable bonds is 7. The van der Waals surface area contributed by atoms with Gasteiger partial charge in [-0.3, -0.25) is 9.59 Å². The molecular formula is C11H18N2O6. The van der Waals surface area contributed by atoms with E-state index in [1.807, 2.05) is 0 Å². The summed E-state index contributed by atoms with van der Waals surface area (Å²) in [6.45, 7) is 4.16. The van der Waals surface area contributed by atoms with Gasteiger partial charge in [-0.2, -0.15) is 0 Å². The largest absolute Gasteiger partial charge is 0.464 e. The molecule has 0 aromatic rings. The van der Waals surface area contributed by atoms with Crippen LogP contribution in [-0.4, -0.2) is 49.6 Å². The first kappa shape index (κ1) is 16.9. The maximum atomic E-state index is 11.5. The number of amides is 2. The highest BCUT2D eigenvalue weighted by Gasteiger charge is 2.31. The summed E-state index contributed by atoms with van der Waals surface area (Å²) in [5.74, 6) is -2.91. The predicted molar refractivity (Wildman–Crippen MR) is 63.9 cm³/mol. The van der Waals surface area contributed by atoms with Gasteiger partial charge in [-0.1, -0.05) is 0 Å². The Morgan fingerprint density at radius 1 is 1.00 bits per heavy atom. The van der Waals surface area contributed by atoms with Crippen LogP contribution in [0.3, 0.4) is 0 Å². The first-order chi connectivity index (χ1) is 8.92. The molecule has 8 heteroatoms. The zero-order chi connectivity index (χ0) is 14.8. The number of esters is 2. The highest BCUT2D eigenvalue weighted by atomic mass is 16.6. The number of hydrogen-bond acceptors (Lipinski definition) is 6. The van der Waals surface area contributed by atoms with Crippen molar-refractivity contribution in [1.82, 2.24) is 10.6 Å². The van der Waals surface area contributed by atoms with Crippen molar-refractivity contribution in [3.8, 4) is 0 Å². The quantitative estimate of drug-likeness (QED) is 0.442. The molecule has 108 valence electrons. The van der Waals surface area contributed by atoms with Crippen LogP contribution in [0.2, 0.25) is 0 Å². The van der Waals surface area contributed by atoms with Crippen LogP contribution in [0.5, 0.6) is 0 Å². The van der Waals surface area contributed by atoms with Crippen LogP contribution >= 0.6 is 0 Å². The molecule has 0 unspecified atom stereocenters. The van der Waals surface area contributed by atoms with E-state index in [1.165, 1.54) is 6.92 Å². The first-order valence-electron chi connectivity index (χ1n) is 5.79. The highest BCUT2D eigenvalue weighted by molar-refractivity contribution is 6.02. The minimum Gasteiger partial charge on any atom is -0.464 e. The summed E-state index contributed by atoms with van der Waals surface area (Å²) < 4.78 is 9.31. The van der Waals surface area contributed by atoms with E-state index in [1.54, 1.807) is 13.8 Å². The standard InChI is InChI=1S/C11H18N2O6/c1-4-18-10(16)9(11(17)19-5-2)13-8(15)6-12-7(3)14/h9H,4-6H2,1-3H3,(H,12,14)(H,13,15). The van der Waals surface area contributed by atoms with Crippen molar-refractivity contribution in [2.75, 3.05) is 19.8 Å². The Morgan fingerprint density at radius 3 is 1.84 bits per heavy atom. The van der Waals surface area contributed by atoms with Gasteiger partial charge in [0.1, 0.15) is 0 Å². The minimum atomic E-state index is -1.53. The fourth-order valence-corrected chi connectivity index (χ4v) is 1.08. The summed E-state index contributed by atoms with van der Waals surface area (Å²) in [6, 6.07) is -1.53. The molecule has 0 aromatic heterocycles. The molecule has 8 nitrogen and oxygen atoms in total. The molecule has 0 rings (SSSR count). The van der Waals surface area contributed by atoms with Crippen LogP contribution < -0.4 is 10.6 Å². The summed E-state index contributed by atoms with van der Waals surface area (Å²) in [5, 5.41) is 4.38. The van der Waals surface area contributed by atoms with Crippen molar-refractivity contribution >= 4 is 23.8 Å². The van der Waals surface area contributed by atoms with Gasteiger partial charge in [0.15, 0.2) is 0 Å². The van der Waals surface area contributed by atoms with Gasteiger partial charge in [-0.15, -0.1) is 0 Å². The van der Waals surface area contributed by atoms with Crippen molar-refractivity contribution in [3.05, 3.63) is 0 Å². The van der Waals surface area contributed by atoms with E-state index in [4.69, 9.17) is 0 Å². The Labute approximate surface area is 110 Å². The number of carbonyl (C=O) groups excluding carboxylic acids is 4. The van der Waals surface area contributed by atoms with Crippen LogP contribution in [0.15, 0.2) is 0 Å². The van der Waals surface area contributed by atoms with Gasteiger partial charge < -0.3 is 20.1 Å². The molecule has 0 spiro atoms. The van der Waals surface area contributed by atoms with Crippen LogP contribution in [0.1, 0.15) is 20.8 Å². The fraction of sp³-hybridized carbons (Fsp3) is 0.636. The third-order valence-electron chi connectivity index (χ3n) is 1.85. The first-order valence-corrected chi connectivity index (χ1v) is 5.79. The van der Waals surface area contributed by atoms with Crippen molar-refractivity contribution in [1.29, 1.82) is 0 Å². The third-order valence-corrected chi connectivity index (χ3v) is 1.85. The number of hydrogen-bond donors (Lipinski definition) is 2. The average Bonchev–Trinajstić information content (AvgIpc) is 2.33. The average molecular weight is 274 g/mol. The number of nitrogens with one attached hydrogen (secondary N) is 2. The predicted octanol–water partition coefficient (Wildman–Crippen LogP) is -1.27. The van der Waals surface area contributed by atoms with Crippen molar-refractivity contribution in [2.24, 2.45) is 0 Å². The monoisotopic (exact) mass is 274 g/mol. The summed E-state index contributed by atoms with van der Waals surface area (Å²) in [6.07, 6.45) is 0. The van der Waals surface area contributed by atoms with Gasteiger partial charge in [0.05, 0.1) is 19.8 Å². The molecule has 0 aromatic carbocycles. The highest BCUT2D eigenvalue weighted by Crippen LogP contribution is 1.94. The van der Waals surface area contributed by atoms with Crippen molar-refractivity contribution in [2.45, 2.75) is 26.8 Å². The zero-order valence-electron chi connectivity index (χ0n) is 11.1. The molecule has 2 N–H and O–H groups in total. The normalized spacial score (nSPS) is 9.68. The molecule has 0 bridgehead atoms. The molecule has 0 atom stereocenters. The SMILES string of the molecule is CCOC(=O)C(NC(=O)CNC(C)=O)C(=O)OCC. The molecule has 0 saturated heterocycles. The number of ether oxygens (including phenoxy) is 2. The van der Waals surface area contributed by atoms with E-state index in [9.17, 15) is 19.2 Å². The summed E-state index contributed by atoms with van der Waals surface area (Å²) in [7, 11) is 0. The Bertz CT molecular complexity index is 337. The Kier molecular flexibility index (Phi) is 7.90. The molecule has 2 amide bonds. The zero-order valence-corrected chi connectivity index (χ0v) is 11.1. The van der Waals surface area contributed by atoms with Crippen LogP contribution in [0.4, 0.5) is 0 Å². The van der Waals surface area contributed by atoms with E-state index >= 15 is 0 Å². The molecule has 0 fully saturated rings.